The molecule has 0 aromatic carbocycles. The van der Waals surface area contributed by atoms with Crippen LogP contribution in [0, 0.1) is 5.92 Å². The number of hydrogen-bond acceptors (Lipinski definition) is 4. The number of nitrogen functional groups attached to an aromatic ring is 1. The molecule has 1 saturated heterocycles. The van der Waals surface area contributed by atoms with Gasteiger partial charge in [0.25, 0.3) is 0 Å². The molecule has 1 amide bonds. The van der Waals surface area contributed by atoms with Crippen LogP contribution in [0.1, 0.15) is 25.5 Å². The van der Waals surface area contributed by atoms with Gasteiger partial charge < -0.3 is 10.6 Å². The molecule has 1 aliphatic heterocycles. The fraction of sp³-hybridized carbons (Fsp3) is 0.636. The molecule has 0 bridgehead atoms. The van der Waals surface area contributed by atoms with E-state index in [1.807, 2.05) is 10.3 Å². The van der Waals surface area contributed by atoms with E-state index in [-0.39, 0.29) is 5.91 Å². The van der Waals surface area contributed by atoms with Crippen LogP contribution in [0.15, 0.2) is 5.38 Å². The van der Waals surface area contributed by atoms with Crippen LogP contribution < -0.4 is 5.73 Å². The Morgan fingerprint density at radius 2 is 2.56 bits per heavy atom. The number of thiazole rings is 1. The number of nitrogens with zero attached hydrogens (tertiary/aromatic N) is 2. The van der Waals surface area contributed by atoms with E-state index in [0.717, 1.165) is 25.2 Å². The van der Waals surface area contributed by atoms with Gasteiger partial charge in [-0.2, -0.15) is 0 Å². The van der Waals surface area contributed by atoms with Crippen LogP contribution in [0.2, 0.25) is 0 Å². The summed E-state index contributed by atoms with van der Waals surface area (Å²) in [5.74, 6) is 0.801. The fourth-order valence-electron chi connectivity index (χ4n) is 2.09. The van der Waals surface area contributed by atoms with Gasteiger partial charge in [-0.15, -0.1) is 11.3 Å². The Kier molecular flexibility index (Phi) is 3.43. The summed E-state index contributed by atoms with van der Waals surface area (Å²) < 4.78 is 0. The van der Waals surface area contributed by atoms with E-state index in [1.165, 1.54) is 17.8 Å². The van der Waals surface area contributed by atoms with E-state index in [0.29, 0.717) is 17.5 Å². The molecule has 1 aromatic heterocycles. The lowest BCUT2D eigenvalue weighted by Crippen LogP contribution is -2.39. The first-order valence-corrected chi connectivity index (χ1v) is 6.51. The van der Waals surface area contributed by atoms with Crippen molar-refractivity contribution in [3.63, 3.8) is 0 Å². The van der Waals surface area contributed by atoms with Crippen molar-refractivity contribution in [1.29, 1.82) is 0 Å². The quantitative estimate of drug-likeness (QED) is 0.851. The van der Waals surface area contributed by atoms with Gasteiger partial charge in [0.1, 0.15) is 0 Å². The second-order valence-corrected chi connectivity index (χ2v) is 5.33. The average molecular weight is 239 g/mol. The standard InChI is InChI=1S/C11H17N3OS/c1-8-3-2-4-14(6-8)10(15)5-9-7-16-11(12)13-9/h7-8H,2-6H2,1H3,(H2,12,13). The highest BCUT2D eigenvalue weighted by molar-refractivity contribution is 7.13. The molecule has 16 heavy (non-hydrogen) atoms. The SMILES string of the molecule is CC1CCCN(C(=O)Cc2csc(N)n2)C1. The molecule has 88 valence electrons. The maximum atomic E-state index is 12.0. The molecule has 1 fully saturated rings. The Balaban J connectivity index is 1.92. The van der Waals surface area contributed by atoms with Crippen molar-refractivity contribution in [3.05, 3.63) is 11.1 Å². The number of hydrogen-bond donors (Lipinski definition) is 1. The highest BCUT2D eigenvalue weighted by Gasteiger charge is 2.21. The lowest BCUT2D eigenvalue weighted by Gasteiger charge is -2.30. The van der Waals surface area contributed by atoms with Crippen molar-refractivity contribution in [3.8, 4) is 0 Å². The van der Waals surface area contributed by atoms with E-state index >= 15 is 0 Å². The van der Waals surface area contributed by atoms with Gasteiger partial charge in [-0.3, -0.25) is 4.79 Å². The van der Waals surface area contributed by atoms with Crippen molar-refractivity contribution in [2.45, 2.75) is 26.2 Å². The van der Waals surface area contributed by atoms with Crippen molar-refractivity contribution in [2.75, 3.05) is 18.8 Å². The predicted molar refractivity (Wildman–Crippen MR) is 65.2 cm³/mol. The summed E-state index contributed by atoms with van der Waals surface area (Å²) in [7, 11) is 0. The third-order valence-corrected chi connectivity index (χ3v) is 3.63. The largest absolute Gasteiger partial charge is 0.375 e. The van der Waals surface area contributed by atoms with E-state index in [1.54, 1.807) is 0 Å². The number of aromatic nitrogens is 1. The van der Waals surface area contributed by atoms with Crippen LogP contribution in [0.4, 0.5) is 5.13 Å². The molecule has 0 radical (unpaired) electrons. The zero-order chi connectivity index (χ0) is 11.5. The Morgan fingerprint density at radius 3 is 3.19 bits per heavy atom. The highest BCUT2D eigenvalue weighted by atomic mass is 32.1. The maximum Gasteiger partial charge on any atom is 0.228 e. The molecule has 0 saturated carbocycles. The molecule has 0 spiro atoms. The number of piperidine rings is 1. The van der Waals surface area contributed by atoms with Gasteiger partial charge in [-0.1, -0.05) is 6.92 Å². The van der Waals surface area contributed by atoms with Gasteiger partial charge in [0, 0.05) is 18.5 Å². The number of rotatable bonds is 2. The Morgan fingerprint density at radius 1 is 1.75 bits per heavy atom. The fourth-order valence-corrected chi connectivity index (χ4v) is 2.65. The highest BCUT2D eigenvalue weighted by Crippen LogP contribution is 2.17. The van der Waals surface area contributed by atoms with E-state index in [4.69, 9.17) is 5.73 Å². The molecule has 1 aliphatic rings. The van der Waals surface area contributed by atoms with Gasteiger partial charge >= 0.3 is 0 Å². The molecular formula is C11H17N3OS. The number of carbonyl (C=O) groups excluding carboxylic acids is 1. The van der Waals surface area contributed by atoms with Crippen LogP contribution in [0.25, 0.3) is 0 Å². The Labute approximate surface area is 99.5 Å². The summed E-state index contributed by atoms with van der Waals surface area (Å²) in [6.07, 6.45) is 2.74. The molecule has 2 N–H and O–H groups in total. The van der Waals surface area contributed by atoms with Gasteiger partial charge in [0.15, 0.2) is 5.13 Å². The summed E-state index contributed by atoms with van der Waals surface area (Å²) in [5.41, 5.74) is 6.33. The van der Waals surface area contributed by atoms with Crippen molar-refractivity contribution < 1.29 is 4.79 Å². The molecule has 2 rings (SSSR count). The lowest BCUT2D eigenvalue weighted by atomic mass is 10.00. The molecule has 5 heteroatoms. The van der Waals surface area contributed by atoms with Crippen molar-refractivity contribution in [2.24, 2.45) is 5.92 Å². The predicted octanol–water partition coefficient (Wildman–Crippen LogP) is 1.53. The molecule has 2 heterocycles. The first-order valence-electron chi connectivity index (χ1n) is 5.63. The van der Waals surface area contributed by atoms with E-state index in [9.17, 15) is 4.79 Å². The third-order valence-electron chi connectivity index (χ3n) is 2.91. The van der Waals surface area contributed by atoms with Crippen molar-refractivity contribution >= 4 is 22.4 Å². The van der Waals surface area contributed by atoms with Crippen LogP contribution in [0.5, 0.6) is 0 Å². The lowest BCUT2D eigenvalue weighted by molar-refractivity contribution is -0.132. The summed E-state index contributed by atoms with van der Waals surface area (Å²) in [5, 5.41) is 2.40. The second-order valence-electron chi connectivity index (χ2n) is 4.44. The van der Waals surface area contributed by atoms with Crippen LogP contribution in [-0.4, -0.2) is 28.9 Å². The minimum Gasteiger partial charge on any atom is -0.375 e. The average Bonchev–Trinajstić information content (AvgIpc) is 2.64. The van der Waals surface area contributed by atoms with Gasteiger partial charge in [0.2, 0.25) is 5.91 Å². The number of carbonyl (C=O) groups is 1. The van der Waals surface area contributed by atoms with E-state index in [2.05, 4.69) is 11.9 Å². The summed E-state index contributed by atoms with van der Waals surface area (Å²) in [6, 6.07) is 0. The van der Waals surface area contributed by atoms with Gasteiger partial charge in [0.05, 0.1) is 12.1 Å². The number of likely N-dealkylation sites (tertiary alicyclic amines) is 1. The maximum absolute atomic E-state index is 12.0. The van der Waals surface area contributed by atoms with Gasteiger partial charge in [-0.05, 0) is 18.8 Å². The van der Waals surface area contributed by atoms with Crippen LogP contribution in [0.3, 0.4) is 0 Å². The molecule has 4 nitrogen and oxygen atoms in total. The third kappa shape index (κ3) is 2.72. The summed E-state index contributed by atoms with van der Waals surface area (Å²) in [6.45, 7) is 3.97. The van der Waals surface area contributed by atoms with Crippen LogP contribution >= 0.6 is 11.3 Å². The first-order chi connectivity index (χ1) is 7.65. The molecule has 1 unspecified atom stereocenters. The number of nitrogens with two attached hydrogens (primary N) is 1. The Bertz CT molecular complexity index is 377. The minimum atomic E-state index is 0.178. The smallest absolute Gasteiger partial charge is 0.228 e. The van der Waals surface area contributed by atoms with Crippen LogP contribution in [-0.2, 0) is 11.2 Å². The molecule has 0 aliphatic carbocycles. The van der Waals surface area contributed by atoms with E-state index < -0.39 is 0 Å². The zero-order valence-electron chi connectivity index (χ0n) is 9.48. The molecule has 1 atom stereocenters. The zero-order valence-corrected chi connectivity index (χ0v) is 10.3. The summed E-state index contributed by atoms with van der Waals surface area (Å²) in [4.78, 5) is 18.0. The molecule has 1 aromatic rings. The van der Waals surface area contributed by atoms with Crippen molar-refractivity contribution in [1.82, 2.24) is 9.88 Å². The summed E-state index contributed by atoms with van der Waals surface area (Å²) >= 11 is 1.39. The monoisotopic (exact) mass is 239 g/mol. The first kappa shape index (κ1) is 11.4. The van der Waals surface area contributed by atoms with Gasteiger partial charge in [-0.25, -0.2) is 4.98 Å². The number of anilines is 1. The number of amides is 1. The minimum absolute atomic E-state index is 0.178. The normalized spacial score (nSPS) is 21.1. The molecular weight excluding hydrogens is 222 g/mol. The second kappa shape index (κ2) is 4.82. The Hall–Kier alpha value is -1.10. The topological polar surface area (TPSA) is 59.2 Å².